The summed E-state index contributed by atoms with van der Waals surface area (Å²) in [5, 5.41) is 19.1. The quantitative estimate of drug-likeness (QED) is 0.578. The molecule has 2 saturated carbocycles. The van der Waals surface area contributed by atoms with Crippen LogP contribution in [0.3, 0.4) is 0 Å². The molecule has 1 atom stereocenters. The van der Waals surface area contributed by atoms with Gasteiger partial charge in [-0.05, 0) is 68.6 Å². The van der Waals surface area contributed by atoms with Gasteiger partial charge in [-0.2, -0.15) is 0 Å². The lowest BCUT2D eigenvalue weighted by Crippen LogP contribution is -2.12. The van der Waals surface area contributed by atoms with E-state index in [1.54, 1.807) is 7.11 Å². The van der Waals surface area contributed by atoms with E-state index in [-0.39, 0.29) is 6.10 Å². The Kier molecular flexibility index (Phi) is 5.88. The third kappa shape index (κ3) is 5.01. The predicted octanol–water partition coefficient (Wildman–Crippen LogP) is 3.28. The number of methoxy groups -OCH3 is 1. The highest BCUT2D eigenvalue weighted by atomic mass is 16.5. The van der Waals surface area contributed by atoms with Crippen LogP contribution >= 0.6 is 0 Å². The summed E-state index contributed by atoms with van der Waals surface area (Å²) in [6.07, 6.45) is 12.5. The molecule has 1 unspecified atom stereocenters. The third-order valence-corrected chi connectivity index (χ3v) is 5.50. The smallest absolute Gasteiger partial charge is 0.0540 e. The van der Waals surface area contributed by atoms with Gasteiger partial charge in [-0.3, -0.25) is 0 Å². The predicted molar refractivity (Wildman–Crippen MR) is 80.6 cm³/mol. The van der Waals surface area contributed by atoms with Gasteiger partial charge in [0.15, 0.2) is 0 Å². The van der Waals surface area contributed by atoms with Crippen LogP contribution in [0, 0.1) is 10.8 Å². The minimum atomic E-state index is -0.127. The first-order valence-electron chi connectivity index (χ1n) is 8.42. The lowest BCUT2D eigenvalue weighted by Gasteiger charge is -2.17. The highest BCUT2D eigenvalue weighted by Gasteiger charge is 2.42. The summed E-state index contributed by atoms with van der Waals surface area (Å²) >= 11 is 0. The van der Waals surface area contributed by atoms with Gasteiger partial charge in [0.1, 0.15) is 0 Å². The third-order valence-electron chi connectivity index (χ3n) is 5.50. The van der Waals surface area contributed by atoms with Crippen molar-refractivity contribution < 1.29 is 14.9 Å². The molecule has 3 nitrogen and oxygen atoms in total. The van der Waals surface area contributed by atoms with E-state index in [1.165, 1.54) is 38.5 Å². The zero-order chi connectivity index (χ0) is 14.5. The zero-order valence-corrected chi connectivity index (χ0v) is 13.1. The molecule has 0 spiro atoms. The van der Waals surface area contributed by atoms with Crippen molar-refractivity contribution in [3.63, 3.8) is 0 Å². The van der Waals surface area contributed by atoms with Crippen LogP contribution in [0.15, 0.2) is 0 Å². The Morgan fingerprint density at radius 1 is 0.950 bits per heavy atom. The van der Waals surface area contributed by atoms with Gasteiger partial charge < -0.3 is 14.9 Å². The van der Waals surface area contributed by atoms with Crippen molar-refractivity contribution in [1.29, 1.82) is 0 Å². The maximum atomic E-state index is 10.1. The van der Waals surface area contributed by atoms with Crippen molar-refractivity contribution in [3.8, 4) is 0 Å². The fraction of sp³-hybridized carbons (Fsp3) is 1.00. The second kappa shape index (κ2) is 7.24. The van der Waals surface area contributed by atoms with Crippen LogP contribution in [0.25, 0.3) is 0 Å². The molecule has 0 bridgehead atoms. The molecule has 0 amide bonds. The average molecular weight is 284 g/mol. The van der Waals surface area contributed by atoms with Crippen molar-refractivity contribution in [2.24, 2.45) is 10.8 Å². The molecule has 0 aromatic rings. The van der Waals surface area contributed by atoms with Crippen LogP contribution in [0.4, 0.5) is 0 Å². The lowest BCUT2D eigenvalue weighted by atomic mass is 9.93. The largest absolute Gasteiger partial charge is 0.396 e. The maximum absolute atomic E-state index is 10.1. The van der Waals surface area contributed by atoms with E-state index < -0.39 is 0 Å². The number of aliphatic hydroxyl groups is 2. The molecule has 0 aliphatic heterocycles. The molecule has 2 aliphatic rings. The van der Waals surface area contributed by atoms with Crippen molar-refractivity contribution >= 4 is 0 Å². The minimum Gasteiger partial charge on any atom is -0.396 e. The first-order chi connectivity index (χ1) is 9.64. The zero-order valence-electron chi connectivity index (χ0n) is 13.1. The monoisotopic (exact) mass is 284 g/mol. The van der Waals surface area contributed by atoms with Crippen LogP contribution < -0.4 is 0 Å². The molecule has 2 aliphatic carbocycles. The van der Waals surface area contributed by atoms with Crippen LogP contribution in [0.5, 0.6) is 0 Å². The molecule has 2 fully saturated rings. The normalized spacial score (nSPS) is 23.6. The van der Waals surface area contributed by atoms with E-state index in [0.717, 1.165) is 38.7 Å². The van der Waals surface area contributed by atoms with E-state index in [9.17, 15) is 5.11 Å². The molecule has 3 heteroatoms. The Balaban J connectivity index is 1.49. The SMILES string of the molecule is COCC1(CCCC(O)CCCC2(CCO)CC2)CC1. The van der Waals surface area contributed by atoms with E-state index in [0.29, 0.717) is 17.4 Å². The maximum Gasteiger partial charge on any atom is 0.0540 e. The molecular weight excluding hydrogens is 252 g/mol. The standard InChI is InChI=1S/C17H32O3/c1-20-14-17(10-11-17)7-3-5-15(19)4-2-6-16(8-9-16)12-13-18/h15,18-19H,2-14H2,1H3. The van der Waals surface area contributed by atoms with Crippen molar-refractivity contribution in [2.45, 2.75) is 76.7 Å². The second-order valence-corrected chi connectivity index (χ2v) is 7.34. The van der Waals surface area contributed by atoms with Crippen LogP contribution in [0.1, 0.15) is 70.6 Å². The van der Waals surface area contributed by atoms with E-state index in [4.69, 9.17) is 9.84 Å². The summed E-state index contributed by atoms with van der Waals surface area (Å²) in [6.45, 7) is 1.22. The van der Waals surface area contributed by atoms with E-state index in [1.807, 2.05) is 0 Å². The van der Waals surface area contributed by atoms with Gasteiger partial charge in [-0.15, -0.1) is 0 Å². The van der Waals surface area contributed by atoms with E-state index in [2.05, 4.69) is 0 Å². The molecule has 0 saturated heterocycles. The Morgan fingerprint density at radius 3 is 1.95 bits per heavy atom. The fourth-order valence-corrected chi connectivity index (χ4v) is 3.56. The molecule has 0 radical (unpaired) electrons. The van der Waals surface area contributed by atoms with Gasteiger partial charge in [0.25, 0.3) is 0 Å². The number of hydrogen-bond donors (Lipinski definition) is 2. The molecule has 2 rings (SSSR count). The molecule has 20 heavy (non-hydrogen) atoms. The Bertz CT molecular complexity index is 254. The van der Waals surface area contributed by atoms with Gasteiger partial charge in [0.05, 0.1) is 12.7 Å². The molecule has 0 heterocycles. The fourth-order valence-electron chi connectivity index (χ4n) is 3.56. The molecular formula is C17H32O3. The minimum absolute atomic E-state index is 0.127. The summed E-state index contributed by atoms with van der Waals surface area (Å²) in [5.41, 5.74) is 0.915. The number of rotatable bonds is 12. The van der Waals surface area contributed by atoms with Crippen LogP contribution in [-0.4, -0.2) is 36.6 Å². The highest BCUT2D eigenvalue weighted by Crippen LogP contribution is 2.52. The second-order valence-electron chi connectivity index (χ2n) is 7.34. The van der Waals surface area contributed by atoms with Crippen molar-refractivity contribution in [2.75, 3.05) is 20.3 Å². The number of hydrogen-bond acceptors (Lipinski definition) is 3. The number of aliphatic hydroxyl groups excluding tert-OH is 2. The van der Waals surface area contributed by atoms with Crippen LogP contribution in [-0.2, 0) is 4.74 Å². The summed E-state index contributed by atoms with van der Waals surface area (Å²) < 4.78 is 5.28. The Labute approximate surface area is 123 Å². The highest BCUT2D eigenvalue weighted by molar-refractivity contribution is 4.93. The summed E-state index contributed by atoms with van der Waals surface area (Å²) in [5.74, 6) is 0. The Hall–Kier alpha value is -0.120. The summed E-state index contributed by atoms with van der Waals surface area (Å²) in [7, 11) is 1.79. The molecule has 0 aromatic carbocycles. The van der Waals surface area contributed by atoms with Gasteiger partial charge in [-0.1, -0.05) is 12.8 Å². The lowest BCUT2D eigenvalue weighted by molar-refractivity contribution is 0.119. The van der Waals surface area contributed by atoms with Crippen molar-refractivity contribution in [1.82, 2.24) is 0 Å². The van der Waals surface area contributed by atoms with E-state index >= 15 is 0 Å². The van der Waals surface area contributed by atoms with Gasteiger partial charge in [-0.25, -0.2) is 0 Å². The summed E-state index contributed by atoms with van der Waals surface area (Å²) in [6, 6.07) is 0. The van der Waals surface area contributed by atoms with Gasteiger partial charge >= 0.3 is 0 Å². The van der Waals surface area contributed by atoms with Gasteiger partial charge in [0, 0.05) is 13.7 Å². The number of ether oxygens (including phenoxy) is 1. The van der Waals surface area contributed by atoms with Crippen LogP contribution in [0.2, 0.25) is 0 Å². The molecule has 2 N–H and O–H groups in total. The first-order valence-corrected chi connectivity index (χ1v) is 8.42. The summed E-state index contributed by atoms with van der Waals surface area (Å²) in [4.78, 5) is 0. The molecule has 118 valence electrons. The first kappa shape index (κ1) is 16.3. The van der Waals surface area contributed by atoms with Crippen molar-refractivity contribution in [3.05, 3.63) is 0 Å². The molecule has 0 aromatic heterocycles. The van der Waals surface area contributed by atoms with Gasteiger partial charge in [0.2, 0.25) is 0 Å². The topological polar surface area (TPSA) is 49.7 Å². The Morgan fingerprint density at radius 2 is 1.50 bits per heavy atom. The average Bonchev–Trinajstić information content (AvgIpc) is 3.30.